The number of halogens is 1. The summed E-state index contributed by atoms with van der Waals surface area (Å²) < 4.78 is 0.800. The zero-order chi connectivity index (χ0) is 17.1. The van der Waals surface area contributed by atoms with E-state index >= 15 is 0 Å². The Morgan fingerprint density at radius 2 is 2.09 bits per heavy atom. The van der Waals surface area contributed by atoms with Gasteiger partial charge in [0.1, 0.15) is 5.92 Å². The second-order valence-corrected chi connectivity index (χ2v) is 6.59. The zero-order valence-corrected chi connectivity index (χ0v) is 14.6. The van der Waals surface area contributed by atoms with Crippen molar-refractivity contribution in [2.24, 2.45) is 11.8 Å². The largest absolute Gasteiger partial charge is 0.481 e. The van der Waals surface area contributed by atoms with E-state index in [0.29, 0.717) is 13.0 Å². The van der Waals surface area contributed by atoms with Gasteiger partial charge in [-0.2, -0.15) is 0 Å². The lowest BCUT2D eigenvalue weighted by molar-refractivity contribution is -0.143. The van der Waals surface area contributed by atoms with E-state index in [1.807, 2.05) is 24.3 Å². The number of amides is 2. The first-order chi connectivity index (χ1) is 10.8. The number of carbonyl (C=O) groups excluding carboxylic acids is 2. The summed E-state index contributed by atoms with van der Waals surface area (Å²) in [5, 5.41) is 8.93. The molecule has 1 heterocycles. The molecule has 1 aromatic rings. The number of carboxylic acid groups (broad SMARTS) is 1. The maximum Gasteiger partial charge on any atom is 0.308 e. The van der Waals surface area contributed by atoms with Gasteiger partial charge in [-0.1, -0.05) is 19.1 Å². The number of para-hydroxylation sites is 1. The molecule has 6 nitrogen and oxygen atoms in total. The lowest BCUT2D eigenvalue weighted by Gasteiger charge is -2.23. The average molecular weight is 383 g/mol. The van der Waals surface area contributed by atoms with Crippen molar-refractivity contribution < 1.29 is 19.5 Å². The smallest absolute Gasteiger partial charge is 0.308 e. The topological polar surface area (TPSA) is 77.9 Å². The SMILES string of the molecule is CC(CN(C)C(=O)C1CCN(c2ccccc2Br)C1=O)C(=O)O. The Labute approximate surface area is 143 Å². The molecule has 23 heavy (non-hydrogen) atoms. The summed E-state index contributed by atoms with van der Waals surface area (Å²) in [7, 11) is 1.54. The van der Waals surface area contributed by atoms with E-state index in [1.54, 1.807) is 4.90 Å². The van der Waals surface area contributed by atoms with Gasteiger partial charge in [-0.05, 0) is 34.5 Å². The van der Waals surface area contributed by atoms with Gasteiger partial charge in [-0.15, -0.1) is 0 Å². The fourth-order valence-electron chi connectivity index (χ4n) is 2.66. The fraction of sp³-hybridized carbons (Fsp3) is 0.438. The summed E-state index contributed by atoms with van der Waals surface area (Å²) in [6.45, 7) is 2.10. The molecule has 0 radical (unpaired) electrons. The highest BCUT2D eigenvalue weighted by atomic mass is 79.9. The molecular formula is C16H19BrN2O4. The summed E-state index contributed by atoms with van der Waals surface area (Å²) in [5.41, 5.74) is 0.745. The van der Waals surface area contributed by atoms with E-state index in [4.69, 9.17) is 5.11 Å². The van der Waals surface area contributed by atoms with Crippen LogP contribution in [-0.4, -0.2) is 47.9 Å². The van der Waals surface area contributed by atoms with Crippen molar-refractivity contribution in [2.45, 2.75) is 13.3 Å². The number of hydrogen-bond acceptors (Lipinski definition) is 3. The molecule has 1 aromatic carbocycles. The molecule has 0 bridgehead atoms. The number of carbonyl (C=O) groups is 3. The van der Waals surface area contributed by atoms with Crippen molar-refractivity contribution in [2.75, 3.05) is 25.0 Å². The molecule has 2 amide bonds. The van der Waals surface area contributed by atoms with E-state index in [2.05, 4.69) is 15.9 Å². The third-order valence-corrected chi connectivity index (χ3v) is 4.66. The first kappa shape index (κ1) is 17.5. The third kappa shape index (κ3) is 3.72. The average Bonchev–Trinajstić information content (AvgIpc) is 2.88. The van der Waals surface area contributed by atoms with Crippen molar-refractivity contribution in [3.63, 3.8) is 0 Å². The van der Waals surface area contributed by atoms with Gasteiger partial charge in [0.2, 0.25) is 11.8 Å². The molecule has 1 aliphatic heterocycles. The molecule has 2 unspecified atom stereocenters. The second-order valence-electron chi connectivity index (χ2n) is 5.74. The van der Waals surface area contributed by atoms with E-state index in [0.717, 1.165) is 10.2 Å². The quantitative estimate of drug-likeness (QED) is 0.789. The minimum atomic E-state index is -0.961. The first-order valence-electron chi connectivity index (χ1n) is 7.36. The van der Waals surface area contributed by atoms with Crippen LogP contribution in [0.3, 0.4) is 0 Å². The highest BCUT2D eigenvalue weighted by molar-refractivity contribution is 9.10. The molecule has 0 aliphatic carbocycles. The van der Waals surface area contributed by atoms with Crippen molar-refractivity contribution in [1.82, 2.24) is 4.90 Å². The summed E-state index contributed by atoms with van der Waals surface area (Å²) in [6.07, 6.45) is 0.435. The van der Waals surface area contributed by atoms with Crippen LogP contribution >= 0.6 is 15.9 Å². The van der Waals surface area contributed by atoms with E-state index in [9.17, 15) is 14.4 Å². The minimum Gasteiger partial charge on any atom is -0.481 e. The molecular weight excluding hydrogens is 364 g/mol. The van der Waals surface area contributed by atoms with Gasteiger partial charge in [0.25, 0.3) is 0 Å². The molecule has 1 aliphatic rings. The van der Waals surface area contributed by atoms with E-state index in [-0.39, 0.29) is 18.4 Å². The van der Waals surface area contributed by atoms with Crippen LogP contribution in [0.15, 0.2) is 28.7 Å². The Kier molecular flexibility index (Phi) is 5.41. The lowest BCUT2D eigenvalue weighted by atomic mass is 10.1. The molecule has 1 fully saturated rings. The van der Waals surface area contributed by atoms with Crippen LogP contribution in [0.1, 0.15) is 13.3 Å². The summed E-state index contributed by atoms with van der Waals surface area (Å²) in [5.74, 6) is -2.93. The Hall–Kier alpha value is -1.89. The first-order valence-corrected chi connectivity index (χ1v) is 8.16. The Balaban J connectivity index is 2.08. The van der Waals surface area contributed by atoms with E-state index in [1.165, 1.54) is 18.9 Å². The molecule has 2 rings (SSSR count). The molecule has 0 aromatic heterocycles. The molecule has 1 saturated heterocycles. The Morgan fingerprint density at radius 1 is 1.43 bits per heavy atom. The van der Waals surface area contributed by atoms with Gasteiger partial charge in [0.15, 0.2) is 0 Å². The molecule has 0 saturated carbocycles. The molecule has 0 spiro atoms. The van der Waals surface area contributed by atoms with Crippen LogP contribution in [-0.2, 0) is 14.4 Å². The highest BCUT2D eigenvalue weighted by Gasteiger charge is 2.39. The van der Waals surface area contributed by atoms with Crippen molar-refractivity contribution in [1.29, 1.82) is 0 Å². The molecule has 124 valence electrons. The van der Waals surface area contributed by atoms with E-state index < -0.39 is 17.8 Å². The number of hydrogen-bond donors (Lipinski definition) is 1. The van der Waals surface area contributed by atoms with Crippen LogP contribution in [0.5, 0.6) is 0 Å². The molecule has 7 heteroatoms. The van der Waals surface area contributed by atoms with Gasteiger partial charge < -0.3 is 14.9 Å². The van der Waals surface area contributed by atoms with Crippen LogP contribution in [0, 0.1) is 11.8 Å². The summed E-state index contributed by atoms with van der Waals surface area (Å²) >= 11 is 3.41. The normalized spacial score (nSPS) is 18.8. The lowest BCUT2D eigenvalue weighted by Crippen LogP contribution is -2.40. The second kappa shape index (κ2) is 7.12. The summed E-state index contributed by atoms with van der Waals surface area (Å²) in [6, 6.07) is 7.37. The number of nitrogens with zero attached hydrogens (tertiary/aromatic N) is 2. The van der Waals surface area contributed by atoms with Gasteiger partial charge in [0.05, 0.1) is 11.6 Å². The van der Waals surface area contributed by atoms with Crippen LogP contribution in [0.2, 0.25) is 0 Å². The number of anilines is 1. The zero-order valence-electron chi connectivity index (χ0n) is 13.0. The third-order valence-electron chi connectivity index (χ3n) is 3.99. The number of aliphatic carboxylic acids is 1. The van der Waals surface area contributed by atoms with Crippen LogP contribution in [0.25, 0.3) is 0 Å². The van der Waals surface area contributed by atoms with Crippen molar-refractivity contribution in [3.05, 3.63) is 28.7 Å². The number of benzene rings is 1. The number of carboxylic acids is 1. The maximum absolute atomic E-state index is 12.6. The molecule has 2 atom stereocenters. The predicted molar refractivity (Wildman–Crippen MR) is 89.0 cm³/mol. The number of rotatable bonds is 5. The highest BCUT2D eigenvalue weighted by Crippen LogP contribution is 2.31. The van der Waals surface area contributed by atoms with Gasteiger partial charge in [0, 0.05) is 24.6 Å². The standard InChI is InChI=1S/C16H19BrN2O4/c1-10(16(22)23)9-18(2)14(20)11-7-8-19(15(11)21)13-6-4-3-5-12(13)17/h3-6,10-11H,7-9H2,1-2H3,(H,22,23). The van der Waals surface area contributed by atoms with Gasteiger partial charge in [-0.3, -0.25) is 14.4 Å². The van der Waals surface area contributed by atoms with Crippen LogP contribution in [0.4, 0.5) is 5.69 Å². The van der Waals surface area contributed by atoms with Crippen LogP contribution < -0.4 is 4.90 Å². The monoisotopic (exact) mass is 382 g/mol. The van der Waals surface area contributed by atoms with Crippen molar-refractivity contribution >= 4 is 39.4 Å². The maximum atomic E-state index is 12.6. The van der Waals surface area contributed by atoms with Crippen molar-refractivity contribution in [3.8, 4) is 0 Å². The molecule has 1 N–H and O–H groups in total. The Bertz CT molecular complexity index is 634. The Morgan fingerprint density at radius 3 is 2.70 bits per heavy atom. The fourth-order valence-corrected chi connectivity index (χ4v) is 3.16. The predicted octanol–water partition coefficient (Wildman–Crippen LogP) is 1.98. The minimum absolute atomic E-state index is 0.0903. The van der Waals surface area contributed by atoms with Gasteiger partial charge in [-0.25, -0.2) is 0 Å². The summed E-state index contributed by atoms with van der Waals surface area (Å²) in [4.78, 5) is 38.9. The van der Waals surface area contributed by atoms with Gasteiger partial charge >= 0.3 is 5.97 Å².